The summed E-state index contributed by atoms with van der Waals surface area (Å²) < 4.78 is 17.5. The van der Waals surface area contributed by atoms with Crippen molar-refractivity contribution in [3.8, 4) is 11.6 Å². The topological polar surface area (TPSA) is 99.2 Å². The van der Waals surface area contributed by atoms with Gasteiger partial charge in [-0.3, -0.25) is 4.68 Å². The van der Waals surface area contributed by atoms with Crippen molar-refractivity contribution in [3.63, 3.8) is 0 Å². The van der Waals surface area contributed by atoms with E-state index in [4.69, 9.17) is 9.47 Å². The summed E-state index contributed by atoms with van der Waals surface area (Å²) in [5.74, 6) is 1.36. The maximum atomic E-state index is 10.5. The average molecular weight is 424 g/mol. The first kappa shape index (κ1) is 18.9. The number of fused-ring (bicyclic) bond motifs is 1. The molecule has 3 aromatic heterocycles. The molecule has 2 N–H and O–H groups in total. The molecule has 1 aliphatic heterocycles. The van der Waals surface area contributed by atoms with E-state index < -0.39 is 5.60 Å². The van der Waals surface area contributed by atoms with E-state index in [1.165, 1.54) is 11.9 Å². The van der Waals surface area contributed by atoms with Crippen molar-refractivity contribution in [1.82, 2.24) is 24.5 Å². The average Bonchev–Trinajstić information content (AvgIpc) is 3.37. The first-order valence-electron chi connectivity index (χ1n) is 9.31. The molecule has 4 heterocycles. The molecule has 0 amide bonds. The lowest BCUT2D eigenvalue weighted by atomic mass is 9.93. The largest absolute Gasteiger partial charge is 0.494 e. The predicted molar refractivity (Wildman–Crippen MR) is 113 cm³/mol. The fourth-order valence-electron chi connectivity index (χ4n) is 3.41. The Labute approximate surface area is 176 Å². The molecular weight excluding hydrogens is 404 g/mol. The third kappa shape index (κ3) is 3.18. The Hall–Kier alpha value is -3.08. The number of rotatable bonds is 6. The second kappa shape index (κ2) is 7.31. The highest BCUT2D eigenvalue weighted by atomic mass is 32.2. The molecule has 9 nitrogen and oxygen atoms in total. The lowest BCUT2D eigenvalue weighted by Gasteiger charge is -2.36. The molecule has 0 radical (unpaired) electrons. The van der Waals surface area contributed by atoms with Gasteiger partial charge >= 0.3 is 0 Å². The van der Waals surface area contributed by atoms with Crippen LogP contribution in [0.15, 0.2) is 53.9 Å². The van der Waals surface area contributed by atoms with E-state index in [1.54, 1.807) is 30.3 Å². The molecular formula is C20H20N6O3S. The number of aryl methyl sites for hydroxylation is 1. The molecule has 0 bridgehead atoms. The van der Waals surface area contributed by atoms with Crippen LogP contribution in [0.5, 0.6) is 5.75 Å². The van der Waals surface area contributed by atoms with Crippen LogP contribution in [0.2, 0.25) is 0 Å². The van der Waals surface area contributed by atoms with Crippen LogP contribution >= 0.6 is 11.9 Å². The van der Waals surface area contributed by atoms with Crippen molar-refractivity contribution in [2.24, 2.45) is 7.05 Å². The molecule has 0 unspecified atom stereocenters. The van der Waals surface area contributed by atoms with Crippen molar-refractivity contribution >= 4 is 28.5 Å². The number of ether oxygens (including phenoxy) is 2. The van der Waals surface area contributed by atoms with Gasteiger partial charge in [-0.05, 0) is 41.8 Å². The zero-order valence-corrected chi connectivity index (χ0v) is 17.3. The maximum Gasteiger partial charge on any atom is 0.153 e. The minimum Gasteiger partial charge on any atom is -0.494 e. The van der Waals surface area contributed by atoms with Crippen LogP contribution in [-0.2, 0) is 17.4 Å². The molecule has 0 saturated carbocycles. The SMILES string of the molecule is COc1ccc2cnn(C)c2c1NSc1cnn(-c2cc(C3(O)COC3)ccn2)c1. The van der Waals surface area contributed by atoms with E-state index in [-0.39, 0.29) is 0 Å². The summed E-state index contributed by atoms with van der Waals surface area (Å²) in [6.07, 6.45) is 7.12. The zero-order valence-electron chi connectivity index (χ0n) is 16.4. The highest BCUT2D eigenvalue weighted by molar-refractivity contribution is 8.00. The van der Waals surface area contributed by atoms with Gasteiger partial charge in [-0.25, -0.2) is 9.67 Å². The van der Waals surface area contributed by atoms with Crippen LogP contribution in [0.4, 0.5) is 5.69 Å². The summed E-state index contributed by atoms with van der Waals surface area (Å²) in [6, 6.07) is 7.53. The molecule has 0 aliphatic carbocycles. The van der Waals surface area contributed by atoms with Gasteiger partial charge in [-0.2, -0.15) is 10.2 Å². The Morgan fingerprint density at radius 1 is 1.23 bits per heavy atom. The minimum atomic E-state index is -0.942. The lowest BCUT2D eigenvalue weighted by molar-refractivity contribution is -0.184. The quantitative estimate of drug-likeness (QED) is 0.456. The first-order chi connectivity index (χ1) is 14.6. The van der Waals surface area contributed by atoms with Crippen molar-refractivity contribution in [3.05, 3.63) is 54.6 Å². The van der Waals surface area contributed by atoms with Crippen LogP contribution < -0.4 is 9.46 Å². The minimum absolute atomic E-state index is 0.294. The summed E-state index contributed by atoms with van der Waals surface area (Å²) in [6.45, 7) is 0.587. The number of anilines is 1. The van der Waals surface area contributed by atoms with E-state index in [2.05, 4.69) is 19.9 Å². The van der Waals surface area contributed by atoms with Gasteiger partial charge in [0.1, 0.15) is 17.0 Å². The lowest BCUT2D eigenvalue weighted by Crippen LogP contribution is -2.46. The van der Waals surface area contributed by atoms with Crippen molar-refractivity contribution in [2.45, 2.75) is 10.5 Å². The van der Waals surface area contributed by atoms with Gasteiger partial charge in [0.25, 0.3) is 0 Å². The number of hydrogen-bond donors (Lipinski definition) is 2. The van der Waals surface area contributed by atoms with E-state index in [0.717, 1.165) is 32.8 Å². The summed E-state index contributed by atoms with van der Waals surface area (Å²) >= 11 is 1.42. The molecule has 0 spiro atoms. The van der Waals surface area contributed by atoms with Gasteiger partial charge in [0.2, 0.25) is 0 Å². The second-order valence-electron chi connectivity index (χ2n) is 7.10. The fraction of sp³-hybridized carbons (Fsp3) is 0.250. The summed E-state index contributed by atoms with van der Waals surface area (Å²) in [4.78, 5) is 5.27. The molecule has 30 heavy (non-hydrogen) atoms. The smallest absolute Gasteiger partial charge is 0.153 e. The van der Waals surface area contributed by atoms with Crippen molar-refractivity contribution in [1.29, 1.82) is 0 Å². The van der Waals surface area contributed by atoms with Gasteiger partial charge in [0, 0.05) is 24.8 Å². The van der Waals surface area contributed by atoms with Gasteiger partial charge in [-0.15, -0.1) is 0 Å². The number of pyridine rings is 1. The van der Waals surface area contributed by atoms with E-state index >= 15 is 0 Å². The van der Waals surface area contributed by atoms with Crippen LogP contribution in [-0.4, -0.2) is 50.0 Å². The van der Waals surface area contributed by atoms with Gasteiger partial charge < -0.3 is 19.3 Å². The molecule has 154 valence electrons. The number of nitrogens with zero attached hydrogens (tertiary/aromatic N) is 5. The van der Waals surface area contributed by atoms with E-state index in [1.807, 2.05) is 42.3 Å². The molecule has 1 fully saturated rings. The molecule has 1 saturated heterocycles. The van der Waals surface area contributed by atoms with Crippen molar-refractivity contribution in [2.75, 3.05) is 25.0 Å². The van der Waals surface area contributed by atoms with E-state index in [0.29, 0.717) is 19.0 Å². The fourth-order valence-corrected chi connectivity index (χ4v) is 4.08. The van der Waals surface area contributed by atoms with Gasteiger partial charge in [0.05, 0.1) is 43.1 Å². The number of hydrogen-bond acceptors (Lipinski definition) is 8. The Balaban J connectivity index is 1.38. The third-order valence-corrected chi connectivity index (χ3v) is 5.87. The summed E-state index contributed by atoms with van der Waals surface area (Å²) in [5.41, 5.74) is 1.64. The zero-order chi connectivity index (χ0) is 20.7. The first-order valence-corrected chi connectivity index (χ1v) is 10.1. The molecule has 1 aromatic carbocycles. The molecule has 0 atom stereocenters. The van der Waals surface area contributed by atoms with Gasteiger partial charge in [0.15, 0.2) is 5.82 Å². The molecule has 10 heteroatoms. The predicted octanol–water partition coefficient (Wildman–Crippen LogP) is 2.50. The molecule has 1 aliphatic rings. The normalized spacial score (nSPS) is 15.2. The van der Waals surface area contributed by atoms with E-state index in [9.17, 15) is 5.11 Å². The van der Waals surface area contributed by atoms with Gasteiger partial charge in [-0.1, -0.05) is 0 Å². The Bertz CT molecular complexity index is 1220. The number of aromatic nitrogens is 5. The molecule has 4 aromatic rings. The summed E-state index contributed by atoms with van der Waals surface area (Å²) in [7, 11) is 3.54. The van der Waals surface area contributed by atoms with Crippen LogP contribution in [0.1, 0.15) is 5.56 Å². The number of benzene rings is 1. The number of nitrogens with one attached hydrogen (secondary N) is 1. The monoisotopic (exact) mass is 424 g/mol. The Morgan fingerprint density at radius 2 is 2.10 bits per heavy atom. The maximum absolute atomic E-state index is 10.5. The highest BCUT2D eigenvalue weighted by Gasteiger charge is 2.38. The summed E-state index contributed by atoms with van der Waals surface area (Å²) in [5, 5.41) is 20.3. The number of methoxy groups -OCH3 is 1. The van der Waals surface area contributed by atoms with Crippen molar-refractivity contribution < 1.29 is 14.6 Å². The van der Waals surface area contributed by atoms with Crippen LogP contribution in [0.3, 0.4) is 0 Å². The second-order valence-corrected chi connectivity index (χ2v) is 7.98. The van der Waals surface area contributed by atoms with Crippen LogP contribution in [0.25, 0.3) is 16.7 Å². The Kier molecular flexibility index (Phi) is 4.61. The third-order valence-electron chi connectivity index (χ3n) is 5.11. The highest BCUT2D eigenvalue weighted by Crippen LogP contribution is 2.36. The Morgan fingerprint density at radius 3 is 2.87 bits per heavy atom. The van der Waals surface area contributed by atoms with Crippen LogP contribution in [0, 0.1) is 0 Å². The molecule has 5 rings (SSSR count). The standard InChI is InChI=1S/C20H20N6O3S/c1-25-19-13(8-22-25)3-4-16(28-2)18(19)24-30-15-9-23-26(10-15)17-7-14(5-6-21-17)20(27)11-29-12-20/h3-10,24,27H,11-12H2,1-2H3. The number of aliphatic hydroxyl groups is 1.